The number of halogens is 1. The first-order valence-corrected chi connectivity index (χ1v) is 7.35. The molecule has 0 bridgehead atoms. The molecule has 0 saturated carbocycles. The van der Waals surface area contributed by atoms with Gasteiger partial charge >= 0.3 is 0 Å². The Kier molecular flexibility index (Phi) is 3.92. The highest BCUT2D eigenvalue weighted by Gasteiger charge is 2.10. The molecule has 3 rings (SSSR count). The quantitative estimate of drug-likeness (QED) is 0.799. The van der Waals surface area contributed by atoms with E-state index >= 15 is 0 Å². The average molecular weight is 331 g/mol. The van der Waals surface area contributed by atoms with E-state index in [1.807, 2.05) is 19.1 Å². The third-order valence-electron chi connectivity index (χ3n) is 3.40. The number of carbonyl (C=O) groups excluding carboxylic acids is 1. The van der Waals surface area contributed by atoms with Gasteiger partial charge in [0.05, 0.1) is 17.8 Å². The van der Waals surface area contributed by atoms with E-state index in [0.717, 1.165) is 22.5 Å². The number of hydrogen-bond acceptors (Lipinski definition) is 4. The number of anilines is 1. The second-order valence-corrected chi connectivity index (χ2v) is 5.55. The predicted octanol–water partition coefficient (Wildman–Crippen LogP) is 3.35. The lowest BCUT2D eigenvalue weighted by atomic mass is 10.2. The van der Waals surface area contributed by atoms with Crippen LogP contribution in [0, 0.1) is 6.92 Å². The van der Waals surface area contributed by atoms with Crippen molar-refractivity contribution in [2.24, 2.45) is 0 Å². The molecule has 0 spiro atoms. The Balaban J connectivity index is 2.06. The topological polar surface area (TPSA) is 69.0 Å². The summed E-state index contributed by atoms with van der Waals surface area (Å²) < 4.78 is 5.14. The third kappa shape index (κ3) is 2.98. The van der Waals surface area contributed by atoms with Crippen LogP contribution in [0.1, 0.15) is 12.5 Å². The number of ether oxygens (including phenoxy) is 1. The molecule has 0 aliphatic heterocycles. The number of fused-ring (bicyclic) bond motifs is 1. The maximum Gasteiger partial charge on any atom is 0.221 e. The zero-order valence-corrected chi connectivity index (χ0v) is 13.7. The number of methoxy groups -OCH3 is 1. The van der Waals surface area contributed by atoms with E-state index in [2.05, 4.69) is 15.5 Å². The molecule has 0 aliphatic carbocycles. The fourth-order valence-corrected chi connectivity index (χ4v) is 2.54. The van der Waals surface area contributed by atoms with Crippen LogP contribution in [-0.4, -0.2) is 28.0 Å². The minimum atomic E-state index is -0.123. The van der Waals surface area contributed by atoms with Crippen molar-refractivity contribution in [3.05, 3.63) is 40.9 Å². The molecular formula is C16H15ClN4O2. The molecule has 0 aliphatic rings. The van der Waals surface area contributed by atoms with Crippen LogP contribution < -0.4 is 10.1 Å². The number of carbonyl (C=O) groups is 1. The van der Waals surface area contributed by atoms with Crippen LogP contribution in [0.3, 0.4) is 0 Å². The van der Waals surface area contributed by atoms with E-state index < -0.39 is 0 Å². The van der Waals surface area contributed by atoms with E-state index in [0.29, 0.717) is 16.3 Å². The lowest BCUT2D eigenvalue weighted by Gasteiger charge is -2.04. The Hall–Kier alpha value is -2.60. The minimum absolute atomic E-state index is 0.123. The van der Waals surface area contributed by atoms with E-state index in [1.54, 1.807) is 25.3 Å². The van der Waals surface area contributed by atoms with Gasteiger partial charge in [-0.25, -0.2) is 0 Å². The standard InChI is InChI=1S/C16H15ClN4O2/c1-9-6-14-15(8-13(9)18-10(2)22)20-21(19-14)11-4-5-16(23-3)12(17)7-11/h4-8H,1-3H3,(H,18,22). The summed E-state index contributed by atoms with van der Waals surface area (Å²) in [6.07, 6.45) is 0. The van der Waals surface area contributed by atoms with Gasteiger partial charge in [-0.3, -0.25) is 4.79 Å². The van der Waals surface area contributed by atoms with Gasteiger partial charge in [0, 0.05) is 12.6 Å². The number of aromatic nitrogens is 3. The summed E-state index contributed by atoms with van der Waals surface area (Å²) in [6.45, 7) is 3.38. The Labute approximate surface area is 138 Å². The minimum Gasteiger partial charge on any atom is -0.495 e. The maximum atomic E-state index is 11.2. The van der Waals surface area contributed by atoms with Crippen LogP contribution in [0.2, 0.25) is 5.02 Å². The molecule has 7 heteroatoms. The number of aryl methyl sites for hydroxylation is 1. The lowest BCUT2D eigenvalue weighted by molar-refractivity contribution is -0.114. The van der Waals surface area contributed by atoms with Crippen LogP contribution in [0.15, 0.2) is 30.3 Å². The zero-order valence-electron chi connectivity index (χ0n) is 12.9. The second-order valence-electron chi connectivity index (χ2n) is 5.15. The number of rotatable bonds is 3. The van der Waals surface area contributed by atoms with Crippen molar-refractivity contribution in [1.29, 1.82) is 0 Å². The summed E-state index contributed by atoms with van der Waals surface area (Å²) in [7, 11) is 1.56. The van der Waals surface area contributed by atoms with E-state index in [9.17, 15) is 4.79 Å². The van der Waals surface area contributed by atoms with Crippen molar-refractivity contribution in [2.45, 2.75) is 13.8 Å². The molecule has 3 aromatic rings. The van der Waals surface area contributed by atoms with Crippen LogP contribution in [0.5, 0.6) is 5.75 Å². The Morgan fingerprint density at radius 1 is 1.22 bits per heavy atom. The smallest absolute Gasteiger partial charge is 0.221 e. The Morgan fingerprint density at radius 3 is 2.52 bits per heavy atom. The van der Waals surface area contributed by atoms with Gasteiger partial charge in [-0.05, 0) is 42.8 Å². The Bertz CT molecular complexity index is 904. The fraction of sp³-hybridized carbons (Fsp3) is 0.188. The molecule has 0 fully saturated rings. The van der Waals surface area contributed by atoms with Crippen molar-refractivity contribution in [3.8, 4) is 11.4 Å². The van der Waals surface area contributed by atoms with Gasteiger partial charge in [0.1, 0.15) is 16.8 Å². The van der Waals surface area contributed by atoms with E-state index in [4.69, 9.17) is 16.3 Å². The predicted molar refractivity (Wildman–Crippen MR) is 89.5 cm³/mol. The maximum absolute atomic E-state index is 11.2. The van der Waals surface area contributed by atoms with Crippen molar-refractivity contribution in [1.82, 2.24) is 15.0 Å². The summed E-state index contributed by atoms with van der Waals surface area (Å²) >= 11 is 6.14. The van der Waals surface area contributed by atoms with Crippen molar-refractivity contribution in [3.63, 3.8) is 0 Å². The van der Waals surface area contributed by atoms with Crippen LogP contribution in [0.25, 0.3) is 16.7 Å². The molecule has 1 N–H and O–H groups in total. The van der Waals surface area contributed by atoms with Gasteiger partial charge in [-0.2, -0.15) is 4.80 Å². The molecular weight excluding hydrogens is 316 g/mol. The van der Waals surface area contributed by atoms with Crippen molar-refractivity contribution < 1.29 is 9.53 Å². The molecule has 0 saturated heterocycles. The van der Waals surface area contributed by atoms with Crippen LogP contribution >= 0.6 is 11.6 Å². The van der Waals surface area contributed by atoms with Crippen molar-refractivity contribution in [2.75, 3.05) is 12.4 Å². The fourth-order valence-electron chi connectivity index (χ4n) is 2.29. The number of nitrogens with one attached hydrogen (secondary N) is 1. The number of hydrogen-bond donors (Lipinski definition) is 1. The summed E-state index contributed by atoms with van der Waals surface area (Å²) in [4.78, 5) is 12.8. The highest BCUT2D eigenvalue weighted by Crippen LogP contribution is 2.27. The van der Waals surface area contributed by atoms with Crippen LogP contribution in [0.4, 0.5) is 5.69 Å². The largest absolute Gasteiger partial charge is 0.495 e. The normalized spacial score (nSPS) is 10.8. The van der Waals surface area contributed by atoms with Gasteiger partial charge in [-0.1, -0.05) is 11.6 Å². The molecule has 0 atom stereocenters. The first kappa shape index (κ1) is 15.3. The molecule has 1 amide bonds. The summed E-state index contributed by atoms with van der Waals surface area (Å²) in [5, 5.41) is 12.2. The lowest BCUT2D eigenvalue weighted by Crippen LogP contribution is -2.06. The van der Waals surface area contributed by atoms with Gasteiger partial charge < -0.3 is 10.1 Å². The molecule has 0 radical (unpaired) electrons. The monoisotopic (exact) mass is 330 g/mol. The van der Waals surface area contributed by atoms with Gasteiger partial charge in [0.15, 0.2) is 0 Å². The first-order valence-electron chi connectivity index (χ1n) is 6.97. The first-order chi connectivity index (χ1) is 11.0. The molecule has 1 aromatic heterocycles. The third-order valence-corrected chi connectivity index (χ3v) is 3.70. The molecule has 6 nitrogen and oxygen atoms in total. The summed E-state index contributed by atoms with van der Waals surface area (Å²) in [5.74, 6) is 0.470. The summed E-state index contributed by atoms with van der Waals surface area (Å²) in [5.41, 5.74) is 3.80. The number of amides is 1. The number of benzene rings is 2. The Morgan fingerprint density at radius 2 is 1.91 bits per heavy atom. The average Bonchev–Trinajstić information content (AvgIpc) is 2.89. The molecule has 1 heterocycles. The van der Waals surface area contributed by atoms with E-state index in [-0.39, 0.29) is 5.91 Å². The molecule has 23 heavy (non-hydrogen) atoms. The molecule has 0 unspecified atom stereocenters. The molecule has 118 valence electrons. The van der Waals surface area contributed by atoms with Crippen LogP contribution in [-0.2, 0) is 4.79 Å². The van der Waals surface area contributed by atoms with Gasteiger partial charge in [0.25, 0.3) is 0 Å². The highest BCUT2D eigenvalue weighted by molar-refractivity contribution is 6.32. The summed E-state index contributed by atoms with van der Waals surface area (Å²) in [6, 6.07) is 9.02. The molecule has 2 aromatic carbocycles. The van der Waals surface area contributed by atoms with E-state index in [1.165, 1.54) is 11.7 Å². The SMILES string of the molecule is COc1ccc(-n2nc3cc(C)c(NC(C)=O)cc3n2)cc1Cl. The van der Waals surface area contributed by atoms with Gasteiger partial charge in [-0.15, -0.1) is 10.2 Å². The zero-order chi connectivity index (χ0) is 16.6. The van der Waals surface area contributed by atoms with Crippen molar-refractivity contribution >= 4 is 34.2 Å². The second kappa shape index (κ2) is 5.89. The van der Waals surface area contributed by atoms with Gasteiger partial charge in [0.2, 0.25) is 5.91 Å². The number of nitrogens with zero attached hydrogens (tertiary/aromatic N) is 3. The highest BCUT2D eigenvalue weighted by atomic mass is 35.5.